The zero-order chi connectivity index (χ0) is 23.5. The SMILES string of the molecule is CCCC=C(O)C1(C)NC(C)=C(c2ccncc2)C(c2cccc([N+](=O)[O-])c2)C1C(=O)O. The molecule has 8 heteroatoms. The molecular formula is C24H27N3O5. The molecule has 2 aromatic rings. The number of benzene rings is 1. The van der Waals surface area contributed by atoms with E-state index in [0.717, 1.165) is 12.0 Å². The van der Waals surface area contributed by atoms with Gasteiger partial charge < -0.3 is 15.5 Å². The van der Waals surface area contributed by atoms with Gasteiger partial charge in [0, 0.05) is 36.1 Å². The van der Waals surface area contributed by atoms with Crippen LogP contribution in [0.25, 0.3) is 5.57 Å². The number of pyridine rings is 1. The lowest BCUT2D eigenvalue weighted by Crippen LogP contribution is -2.57. The monoisotopic (exact) mass is 437 g/mol. The Hall–Kier alpha value is -3.68. The van der Waals surface area contributed by atoms with Gasteiger partial charge in [-0.1, -0.05) is 25.5 Å². The van der Waals surface area contributed by atoms with Crippen LogP contribution >= 0.6 is 0 Å². The molecule has 0 saturated heterocycles. The zero-order valence-corrected chi connectivity index (χ0v) is 18.3. The maximum absolute atomic E-state index is 12.7. The van der Waals surface area contributed by atoms with Gasteiger partial charge in [-0.05, 0) is 55.2 Å². The summed E-state index contributed by atoms with van der Waals surface area (Å²) in [5.74, 6) is -3.06. The molecule has 3 N–H and O–H groups in total. The lowest BCUT2D eigenvalue weighted by atomic mass is 9.65. The number of nitrogens with zero attached hydrogens (tertiary/aromatic N) is 2. The van der Waals surface area contributed by atoms with Crippen molar-refractivity contribution in [3.63, 3.8) is 0 Å². The van der Waals surface area contributed by atoms with Crippen molar-refractivity contribution in [1.82, 2.24) is 10.3 Å². The molecule has 0 spiro atoms. The standard InChI is InChI=1S/C24H27N3O5/c1-4-5-9-19(28)24(3)22(23(29)30)21(17-7-6-8-18(14-17)27(31)32)20(15(2)26-24)16-10-12-25-13-11-16/h6-14,21-22,26,28H,4-5H2,1-3H3,(H,29,30). The number of rotatable bonds is 7. The van der Waals surface area contributed by atoms with Gasteiger partial charge in [-0.15, -0.1) is 0 Å². The summed E-state index contributed by atoms with van der Waals surface area (Å²) >= 11 is 0. The van der Waals surface area contributed by atoms with Crippen molar-refractivity contribution in [2.75, 3.05) is 0 Å². The average Bonchev–Trinajstić information content (AvgIpc) is 2.77. The number of hydrogen-bond donors (Lipinski definition) is 3. The van der Waals surface area contributed by atoms with Crippen LogP contribution in [0, 0.1) is 16.0 Å². The van der Waals surface area contributed by atoms with Gasteiger partial charge in [0.25, 0.3) is 5.69 Å². The number of nitro benzene ring substituents is 1. The average molecular weight is 437 g/mol. The van der Waals surface area contributed by atoms with Gasteiger partial charge in [0.2, 0.25) is 0 Å². The van der Waals surface area contributed by atoms with Crippen molar-refractivity contribution in [3.8, 4) is 0 Å². The minimum Gasteiger partial charge on any atom is -0.510 e. The molecule has 1 aromatic heterocycles. The maximum Gasteiger partial charge on any atom is 0.310 e. The molecule has 3 unspecified atom stereocenters. The number of aromatic nitrogens is 1. The van der Waals surface area contributed by atoms with Crippen molar-refractivity contribution < 1.29 is 19.9 Å². The first-order valence-corrected chi connectivity index (χ1v) is 10.5. The third kappa shape index (κ3) is 4.21. The number of aliphatic hydroxyl groups is 1. The van der Waals surface area contributed by atoms with E-state index in [1.165, 1.54) is 12.1 Å². The van der Waals surface area contributed by atoms with E-state index >= 15 is 0 Å². The number of hydrogen-bond acceptors (Lipinski definition) is 6. The van der Waals surface area contributed by atoms with E-state index in [9.17, 15) is 25.1 Å². The third-order valence-electron chi connectivity index (χ3n) is 5.97. The van der Waals surface area contributed by atoms with Crippen LogP contribution in [0.15, 0.2) is 66.3 Å². The summed E-state index contributed by atoms with van der Waals surface area (Å²) in [5, 5.41) is 36.0. The number of nitrogens with one attached hydrogen (secondary N) is 1. The molecule has 1 aromatic carbocycles. The second kappa shape index (κ2) is 9.21. The Morgan fingerprint density at radius 1 is 1.28 bits per heavy atom. The Labute approximate surface area is 186 Å². The fourth-order valence-electron chi connectivity index (χ4n) is 4.49. The number of unbranched alkanes of at least 4 members (excludes halogenated alkanes) is 1. The van der Waals surface area contributed by atoms with Gasteiger partial charge >= 0.3 is 5.97 Å². The molecule has 8 nitrogen and oxygen atoms in total. The van der Waals surface area contributed by atoms with Gasteiger partial charge in [-0.2, -0.15) is 0 Å². The predicted octanol–water partition coefficient (Wildman–Crippen LogP) is 4.81. The Kier molecular flexibility index (Phi) is 6.62. The van der Waals surface area contributed by atoms with Crippen LogP contribution in [0.3, 0.4) is 0 Å². The van der Waals surface area contributed by atoms with E-state index in [1.54, 1.807) is 49.7 Å². The minimum absolute atomic E-state index is 0.0599. The van der Waals surface area contributed by atoms with Crippen molar-refractivity contribution in [2.45, 2.75) is 45.1 Å². The molecule has 0 amide bonds. The molecule has 0 fully saturated rings. The molecule has 0 aliphatic carbocycles. The number of nitro groups is 1. The number of carboxylic acid groups (broad SMARTS) is 1. The van der Waals surface area contributed by atoms with Gasteiger partial charge in [-0.25, -0.2) is 0 Å². The molecule has 2 heterocycles. The topological polar surface area (TPSA) is 126 Å². The number of allylic oxidation sites excluding steroid dienone is 3. The van der Waals surface area contributed by atoms with Crippen LogP contribution in [0.4, 0.5) is 5.69 Å². The van der Waals surface area contributed by atoms with Crippen molar-refractivity contribution >= 4 is 17.2 Å². The predicted molar refractivity (Wildman–Crippen MR) is 121 cm³/mol. The van der Waals surface area contributed by atoms with Crippen LogP contribution < -0.4 is 5.32 Å². The quantitative estimate of drug-likeness (QED) is 0.322. The highest BCUT2D eigenvalue weighted by molar-refractivity contribution is 5.85. The molecule has 32 heavy (non-hydrogen) atoms. The Bertz CT molecular complexity index is 1080. The Morgan fingerprint density at radius 3 is 2.56 bits per heavy atom. The first-order chi connectivity index (χ1) is 15.2. The van der Waals surface area contributed by atoms with E-state index in [1.807, 2.05) is 13.8 Å². The summed E-state index contributed by atoms with van der Waals surface area (Å²) in [6.45, 7) is 5.45. The largest absolute Gasteiger partial charge is 0.510 e. The fraction of sp³-hybridized carbons (Fsp3) is 0.333. The molecule has 0 bridgehead atoms. The Morgan fingerprint density at radius 2 is 1.97 bits per heavy atom. The molecule has 1 aliphatic heterocycles. The van der Waals surface area contributed by atoms with Crippen molar-refractivity contribution in [3.05, 3.63) is 87.6 Å². The second-order valence-electron chi connectivity index (χ2n) is 8.13. The van der Waals surface area contributed by atoms with Gasteiger partial charge in [0.1, 0.15) is 11.3 Å². The molecule has 3 atom stereocenters. The first kappa shape index (κ1) is 23.0. The Balaban J connectivity index is 2.31. The van der Waals surface area contributed by atoms with Crippen LogP contribution in [-0.2, 0) is 4.79 Å². The number of carboxylic acids is 1. The van der Waals surface area contributed by atoms with Crippen LogP contribution in [0.5, 0.6) is 0 Å². The summed E-state index contributed by atoms with van der Waals surface area (Å²) < 4.78 is 0. The number of carbonyl (C=O) groups is 1. The van der Waals surface area contributed by atoms with Crippen LogP contribution in [-0.4, -0.2) is 31.6 Å². The van der Waals surface area contributed by atoms with Gasteiger partial charge in [-0.3, -0.25) is 19.9 Å². The summed E-state index contributed by atoms with van der Waals surface area (Å²) in [6, 6.07) is 9.59. The van der Waals surface area contributed by atoms with E-state index in [2.05, 4.69) is 10.3 Å². The first-order valence-electron chi connectivity index (χ1n) is 10.5. The van der Waals surface area contributed by atoms with Crippen LogP contribution in [0.2, 0.25) is 0 Å². The molecule has 168 valence electrons. The summed E-state index contributed by atoms with van der Waals surface area (Å²) in [5.41, 5.74) is 1.20. The third-order valence-corrected chi connectivity index (χ3v) is 5.97. The van der Waals surface area contributed by atoms with E-state index < -0.39 is 28.3 Å². The van der Waals surface area contributed by atoms with E-state index in [-0.39, 0.29) is 11.4 Å². The highest BCUT2D eigenvalue weighted by atomic mass is 16.6. The van der Waals surface area contributed by atoms with Gasteiger partial charge in [0.15, 0.2) is 0 Å². The summed E-state index contributed by atoms with van der Waals surface area (Å²) in [7, 11) is 0. The second-order valence-corrected chi connectivity index (χ2v) is 8.13. The summed E-state index contributed by atoms with van der Waals surface area (Å²) in [6.07, 6.45) is 6.25. The van der Waals surface area contributed by atoms with Crippen molar-refractivity contribution in [2.24, 2.45) is 5.92 Å². The molecule has 3 rings (SSSR count). The smallest absolute Gasteiger partial charge is 0.310 e. The molecule has 1 aliphatic rings. The number of aliphatic hydroxyl groups excluding tert-OH is 1. The molecular weight excluding hydrogens is 410 g/mol. The fourth-order valence-corrected chi connectivity index (χ4v) is 4.49. The van der Waals surface area contributed by atoms with Crippen molar-refractivity contribution in [1.29, 1.82) is 0 Å². The number of non-ortho nitro benzene ring substituents is 1. The van der Waals surface area contributed by atoms with Gasteiger partial charge in [0.05, 0.1) is 10.8 Å². The zero-order valence-electron chi connectivity index (χ0n) is 18.3. The lowest BCUT2D eigenvalue weighted by Gasteiger charge is -2.46. The molecule has 0 radical (unpaired) electrons. The normalized spacial score (nSPS) is 23.5. The highest BCUT2D eigenvalue weighted by Gasteiger charge is 2.52. The molecule has 0 saturated carbocycles. The van der Waals surface area contributed by atoms with Crippen LogP contribution in [0.1, 0.15) is 50.7 Å². The lowest BCUT2D eigenvalue weighted by molar-refractivity contribution is -0.384. The number of aliphatic carboxylic acids is 1. The highest BCUT2D eigenvalue weighted by Crippen LogP contribution is 2.49. The maximum atomic E-state index is 12.7. The summed E-state index contributed by atoms with van der Waals surface area (Å²) in [4.78, 5) is 27.7. The van der Waals surface area contributed by atoms with E-state index in [0.29, 0.717) is 23.3 Å². The minimum atomic E-state index is -1.31. The van der Waals surface area contributed by atoms with E-state index in [4.69, 9.17) is 0 Å².